The molecular formula is C17H28N2. The number of nitrogens with one attached hydrogen (secondary N) is 1. The van der Waals surface area contributed by atoms with Gasteiger partial charge in [0.2, 0.25) is 0 Å². The fourth-order valence-corrected chi connectivity index (χ4v) is 3.91. The second-order valence-electron chi connectivity index (χ2n) is 6.97. The predicted octanol–water partition coefficient (Wildman–Crippen LogP) is 2.97. The lowest BCUT2D eigenvalue weighted by Gasteiger charge is -2.52. The van der Waals surface area contributed by atoms with E-state index in [0.29, 0.717) is 5.41 Å². The van der Waals surface area contributed by atoms with E-state index in [4.69, 9.17) is 0 Å². The second-order valence-corrected chi connectivity index (χ2v) is 6.97. The Balaban J connectivity index is 1.55. The summed E-state index contributed by atoms with van der Waals surface area (Å²) < 4.78 is 0. The smallest absolute Gasteiger partial charge is 0.0199 e. The molecule has 1 N–H and O–H groups in total. The third-order valence-electron chi connectivity index (χ3n) is 5.68. The minimum atomic E-state index is 0.429. The van der Waals surface area contributed by atoms with Gasteiger partial charge in [0.05, 0.1) is 0 Å². The predicted molar refractivity (Wildman–Crippen MR) is 81.2 cm³/mol. The average molecular weight is 260 g/mol. The summed E-state index contributed by atoms with van der Waals surface area (Å²) in [6.07, 6.45) is 7.56. The Kier molecular flexibility index (Phi) is 3.57. The molecule has 0 amide bonds. The molecule has 3 aliphatic rings. The highest BCUT2D eigenvalue weighted by Crippen LogP contribution is 2.49. The van der Waals surface area contributed by atoms with Crippen molar-refractivity contribution in [2.75, 3.05) is 26.2 Å². The molecule has 0 aromatic carbocycles. The van der Waals surface area contributed by atoms with Crippen LogP contribution in [-0.4, -0.2) is 37.1 Å². The molecule has 19 heavy (non-hydrogen) atoms. The van der Waals surface area contributed by atoms with Crippen LogP contribution in [0, 0.1) is 11.3 Å². The van der Waals surface area contributed by atoms with Crippen LogP contribution in [0.1, 0.15) is 39.5 Å². The first-order chi connectivity index (χ1) is 9.12. The topological polar surface area (TPSA) is 15.3 Å². The molecule has 0 atom stereocenters. The van der Waals surface area contributed by atoms with Crippen molar-refractivity contribution in [2.45, 2.75) is 45.6 Å². The molecule has 0 aromatic rings. The second kappa shape index (κ2) is 5.06. The van der Waals surface area contributed by atoms with Gasteiger partial charge < -0.3 is 5.32 Å². The highest BCUT2D eigenvalue weighted by atomic mass is 15.2. The third kappa shape index (κ3) is 2.41. The van der Waals surface area contributed by atoms with Gasteiger partial charge >= 0.3 is 0 Å². The molecule has 0 unspecified atom stereocenters. The van der Waals surface area contributed by atoms with Gasteiger partial charge in [0.15, 0.2) is 0 Å². The molecule has 2 fully saturated rings. The van der Waals surface area contributed by atoms with E-state index in [2.05, 4.69) is 36.7 Å². The van der Waals surface area contributed by atoms with Gasteiger partial charge in [-0.3, -0.25) is 4.90 Å². The summed E-state index contributed by atoms with van der Waals surface area (Å²) >= 11 is 0. The van der Waals surface area contributed by atoms with E-state index in [-0.39, 0.29) is 0 Å². The lowest BCUT2D eigenvalue weighted by molar-refractivity contribution is 0.0372. The minimum absolute atomic E-state index is 0.429. The molecule has 1 aliphatic carbocycles. The van der Waals surface area contributed by atoms with E-state index >= 15 is 0 Å². The highest BCUT2D eigenvalue weighted by Gasteiger charge is 2.44. The summed E-state index contributed by atoms with van der Waals surface area (Å²) in [5, 5.41) is 3.40. The lowest BCUT2D eigenvalue weighted by atomic mass is 9.61. The summed E-state index contributed by atoms with van der Waals surface area (Å²) in [5.74, 6) is 0.833. The maximum Gasteiger partial charge on any atom is 0.0199 e. The lowest BCUT2D eigenvalue weighted by Crippen LogP contribution is -2.53. The van der Waals surface area contributed by atoms with Crippen molar-refractivity contribution in [3.05, 3.63) is 23.8 Å². The van der Waals surface area contributed by atoms with Crippen LogP contribution in [0.5, 0.6) is 0 Å². The number of hydrogen-bond acceptors (Lipinski definition) is 2. The van der Waals surface area contributed by atoms with E-state index < -0.39 is 0 Å². The Labute approximate surface area is 117 Å². The molecule has 0 spiro atoms. The van der Waals surface area contributed by atoms with Crippen LogP contribution in [0.25, 0.3) is 0 Å². The molecular weight excluding hydrogens is 232 g/mol. The van der Waals surface area contributed by atoms with Crippen molar-refractivity contribution in [2.24, 2.45) is 11.3 Å². The van der Waals surface area contributed by atoms with Crippen LogP contribution in [0.4, 0.5) is 0 Å². The van der Waals surface area contributed by atoms with Gasteiger partial charge in [0.1, 0.15) is 0 Å². The van der Waals surface area contributed by atoms with E-state index in [9.17, 15) is 0 Å². The van der Waals surface area contributed by atoms with Gasteiger partial charge in [-0.2, -0.15) is 0 Å². The summed E-state index contributed by atoms with van der Waals surface area (Å²) in [7, 11) is 0. The van der Waals surface area contributed by atoms with E-state index in [1.807, 2.05) is 0 Å². The molecule has 2 aliphatic heterocycles. The summed E-state index contributed by atoms with van der Waals surface area (Å²) in [4.78, 5) is 2.73. The van der Waals surface area contributed by atoms with Crippen LogP contribution < -0.4 is 5.32 Å². The Morgan fingerprint density at radius 2 is 2.21 bits per heavy atom. The molecule has 2 heteroatoms. The van der Waals surface area contributed by atoms with Gasteiger partial charge in [-0.15, -0.1) is 0 Å². The molecule has 106 valence electrons. The van der Waals surface area contributed by atoms with Crippen molar-refractivity contribution < 1.29 is 0 Å². The average Bonchev–Trinajstić information content (AvgIpc) is 2.32. The quantitative estimate of drug-likeness (QED) is 0.782. The normalized spacial score (nSPS) is 36.3. The van der Waals surface area contributed by atoms with E-state index in [1.165, 1.54) is 51.0 Å². The van der Waals surface area contributed by atoms with E-state index in [0.717, 1.165) is 18.4 Å². The van der Waals surface area contributed by atoms with Crippen molar-refractivity contribution in [1.29, 1.82) is 0 Å². The van der Waals surface area contributed by atoms with Gasteiger partial charge in [-0.25, -0.2) is 0 Å². The number of nitrogens with zero attached hydrogens (tertiary/aromatic N) is 1. The van der Waals surface area contributed by atoms with Crippen LogP contribution in [0.15, 0.2) is 23.8 Å². The molecule has 1 saturated heterocycles. The Bertz CT molecular complexity index is 386. The zero-order chi connectivity index (χ0) is 13.5. The van der Waals surface area contributed by atoms with Crippen LogP contribution in [-0.2, 0) is 0 Å². The maximum absolute atomic E-state index is 4.27. The van der Waals surface area contributed by atoms with Crippen LogP contribution in [0.3, 0.4) is 0 Å². The van der Waals surface area contributed by atoms with Crippen LogP contribution >= 0.6 is 0 Å². The van der Waals surface area contributed by atoms with Gasteiger partial charge in [-0.05, 0) is 31.1 Å². The first-order valence-electron chi connectivity index (χ1n) is 7.94. The first-order valence-corrected chi connectivity index (χ1v) is 7.94. The van der Waals surface area contributed by atoms with Crippen molar-refractivity contribution >= 4 is 0 Å². The molecule has 0 aromatic heterocycles. The number of rotatable bonds is 4. The van der Waals surface area contributed by atoms with Gasteiger partial charge in [0, 0.05) is 38.1 Å². The number of hydrogen-bond donors (Lipinski definition) is 1. The zero-order valence-corrected chi connectivity index (χ0v) is 12.5. The summed E-state index contributed by atoms with van der Waals surface area (Å²) in [6, 6.07) is 0.810. The minimum Gasteiger partial charge on any atom is -0.315 e. The Morgan fingerprint density at radius 1 is 1.47 bits per heavy atom. The van der Waals surface area contributed by atoms with Gasteiger partial charge in [-0.1, -0.05) is 37.6 Å². The Morgan fingerprint density at radius 3 is 2.79 bits per heavy atom. The van der Waals surface area contributed by atoms with Gasteiger partial charge in [0.25, 0.3) is 0 Å². The van der Waals surface area contributed by atoms with Crippen LogP contribution in [0.2, 0.25) is 0 Å². The fourth-order valence-electron chi connectivity index (χ4n) is 3.91. The Hall–Kier alpha value is -0.600. The molecule has 1 saturated carbocycles. The first kappa shape index (κ1) is 13.4. The molecule has 0 bridgehead atoms. The zero-order valence-electron chi connectivity index (χ0n) is 12.5. The summed E-state index contributed by atoms with van der Waals surface area (Å²) in [5.41, 5.74) is 3.59. The standard InChI is InChI=1S/C17H28N2/c1-4-13(2)17(3)8-16(9-17)19-7-5-6-14(12-19)15-10-18-11-15/h6,15-16,18H,2,4-5,7-12H2,1,3H3. The molecule has 2 nitrogen and oxygen atoms in total. The highest BCUT2D eigenvalue weighted by molar-refractivity contribution is 5.20. The SMILES string of the molecule is C=C(CC)C1(C)CC(N2CCC=C(C3CNC3)C2)C1. The number of allylic oxidation sites excluding steroid dienone is 1. The largest absolute Gasteiger partial charge is 0.315 e. The molecule has 2 heterocycles. The van der Waals surface area contributed by atoms with Crippen molar-refractivity contribution in [3.8, 4) is 0 Å². The van der Waals surface area contributed by atoms with Crippen molar-refractivity contribution in [3.63, 3.8) is 0 Å². The third-order valence-corrected chi connectivity index (χ3v) is 5.68. The molecule has 3 rings (SSSR count). The summed E-state index contributed by atoms with van der Waals surface area (Å²) in [6.45, 7) is 13.8. The van der Waals surface area contributed by atoms with Crippen molar-refractivity contribution in [1.82, 2.24) is 10.2 Å². The maximum atomic E-state index is 4.27. The molecule has 0 radical (unpaired) electrons. The van der Waals surface area contributed by atoms with E-state index in [1.54, 1.807) is 5.57 Å². The fraction of sp³-hybridized carbons (Fsp3) is 0.765. The monoisotopic (exact) mass is 260 g/mol.